The minimum Gasteiger partial charge on any atom is -0.466 e. The molecule has 0 radical (unpaired) electrons. The summed E-state index contributed by atoms with van der Waals surface area (Å²) >= 11 is 0. The van der Waals surface area contributed by atoms with E-state index in [1.54, 1.807) is 6.08 Å². The molecule has 0 aliphatic heterocycles. The van der Waals surface area contributed by atoms with E-state index in [9.17, 15) is 19.8 Å². The van der Waals surface area contributed by atoms with Crippen LogP contribution in [0.4, 0.5) is 0 Å². The molecule has 0 aromatic heterocycles. The van der Waals surface area contributed by atoms with Gasteiger partial charge in [0.15, 0.2) is 0 Å². The number of ether oxygens (including phenoxy) is 1. The van der Waals surface area contributed by atoms with Crippen molar-refractivity contribution in [2.24, 2.45) is 0 Å². The third-order valence-electron chi connectivity index (χ3n) is 13.6. The first-order valence-corrected chi connectivity index (χ1v) is 29.0. The van der Waals surface area contributed by atoms with Crippen molar-refractivity contribution < 1.29 is 24.5 Å². The third-order valence-corrected chi connectivity index (χ3v) is 13.6. The molecule has 0 saturated heterocycles. The van der Waals surface area contributed by atoms with Crippen LogP contribution < -0.4 is 5.32 Å². The zero-order valence-corrected chi connectivity index (χ0v) is 43.3. The van der Waals surface area contributed by atoms with Gasteiger partial charge in [0.25, 0.3) is 0 Å². The van der Waals surface area contributed by atoms with Crippen molar-refractivity contribution in [3.05, 3.63) is 12.2 Å². The fraction of sp³-hybridized carbons (Fsp3) is 0.931. The van der Waals surface area contributed by atoms with Crippen LogP contribution in [-0.2, 0) is 14.3 Å². The first-order chi connectivity index (χ1) is 31.5. The van der Waals surface area contributed by atoms with Gasteiger partial charge in [0.2, 0.25) is 5.91 Å². The fourth-order valence-electron chi connectivity index (χ4n) is 9.11. The number of rotatable bonds is 54. The van der Waals surface area contributed by atoms with Gasteiger partial charge < -0.3 is 20.3 Å². The van der Waals surface area contributed by atoms with Crippen LogP contribution in [0.2, 0.25) is 0 Å². The zero-order chi connectivity index (χ0) is 46.5. The Morgan fingerprint density at radius 3 is 1.06 bits per heavy atom. The summed E-state index contributed by atoms with van der Waals surface area (Å²) in [5.74, 6) is -0.0506. The van der Waals surface area contributed by atoms with Gasteiger partial charge in [-0.2, -0.15) is 0 Å². The molecule has 1 amide bonds. The average Bonchev–Trinajstić information content (AvgIpc) is 3.29. The van der Waals surface area contributed by atoms with Crippen LogP contribution in [0.15, 0.2) is 12.2 Å². The maximum absolute atomic E-state index is 12.4. The lowest BCUT2D eigenvalue weighted by Gasteiger charge is -2.20. The lowest BCUT2D eigenvalue weighted by atomic mass is 10.0. The molecule has 0 spiro atoms. The summed E-state index contributed by atoms with van der Waals surface area (Å²) < 4.78 is 5.47. The summed E-state index contributed by atoms with van der Waals surface area (Å²) in [5, 5.41) is 23.0. The molecule has 0 aromatic carbocycles. The Hall–Kier alpha value is -1.40. The first kappa shape index (κ1) is 62.6. The van der Waals surface area contributed by atoms with Crippen molar-refractivity contribution in [3.8, 4) is 0 Å². The number of hydrogen-bond donors (Lipinski definition) is 3. The number of esters is 1. The second-order valence-corrected chi connectivity index (χ2v) is 20.0. The molecule has 0 aliphatic rings. The summed E-state index contributed by atoms with van der Waals surface area (Å²) in [5.41, 5.74) is 0. The van der Waals surface area contributed by atoms with Crippen LogP contribution in [0.5, 0.6) is 0 Å². The summed E-state index contributed by atoms with van der Waals surface area (Å²) in [6.07, 6.45) is 63.9. The van der Waals surface area contributed by atoms with E-state index in [0.29, 0.717) is 19.4 Å². The number of aliphatic hydroxyl groups is 2. The van der Waals surface area contributed by atoms with E-state index >= 15 is 0 Å². The van der Waals surface area contributed by atoms with Crippen LogP contribution in [0.1, 0.15) is 322 Å². The predicted octanol–water partition coefficient (Wildman–Crippen LogP) is 17.7. The Morgan fingerprint density at radius 2 is 0.719 bits per heavy atom. The third kappa shape index (κ3) is 50.0. The van der Waals surface area contributed by atoms with Gasteiger partial charge in [0.1, 0.15) is 0 Å². The van der Waals surface area contributed by atoms with Gasteiger partial charge >= 0.3 is 5.97 Å². The van der Waals surface area contributed by atoms with E-state index in [2.05, 4.69) is 19.2 Å². The number of carbonyl (C=O) groups excluding carboxylic acids is 2. The molecular formula is C58H113NO5. The zero-order valence-electron chi connectivity index (χ0n) is 43.3. The molecule has 0 saturated carbocycles. The van der Waals surface area contributed by atoms with Crippen LogP contribution in [0, 0.1) is 0 Å². The van der Waals surface area contributed by atoms with Crippen molar-refractivity contribution in [2.75, 3.05) is 13.2 Å². The molecule has 64 heavy (non-hydrogen) atoms. The summed E-state index contributed by atoms with van der Waals surface area (Å²) in [7, 11) is 0. The highest BCUT2D eigenvalue weighted by Gasteiger charge is 2.18. The summed E-state index contributed by atoms with van der Waals surface area (Å²) in [4.78, 5) is 24.4. The number of amides is 1. The van der Waals surface area contributed by atoms with Crippen molar-refractivity contribution in [1.29, 1.82) is 0 Å². The average molecular weight is 905 g/mol. The Bertz CT molecular complexity index is 955. The van der Waals surface area contributed by atoms with E-state index in [1.807, 2.05) is 6.08 Å². The Kier molecular flexibility index (Phi) is 53.0. The van der Waals surface area contributed by atoms with E-state index in [4.69, 9.17) is 4.74 Å². The van der Waals surface area contributed by atoms with Crippen LogP contribution >= 0.6 is 0 Å². The predicted molar refractivity (Wildman–Crippen MR) is 278 cm³/mol. The summed E-state index contributed by atoms with van der Waals surface area (Å²) in [6, 6.07) is -0.624. The topological polar surface area (TPSA) is 95.9 Å². The van der Waals surface area contributed by atoms with Crippen molar-refractivity contribution in [3.63, 3.8) is 0 Å². The molecule has 2 unspecified atom stereocenters. The van der Waals surface area contributed by atoms with Gasteiger partial charge in [-0.3, -0.25) is 9.59 Å². The van der Waals surface area contributed by atoms with Gasteiger partial charge in [0, 0.05) is 12.8 Å². The molecule has 2 atom stereocenters. The monoisotopic (exact) mass is 904 g/mol. The van der Waals surface area contributed by atoms with Gasteiger partial charge in [-0.1, -0.05) is 289 Å². The van der Waals surface area contributed by atoms with Gasteiger partial charge in [-0.05, 0) is 32.1 Å². The Morgan fingerprint density at radius 1 is 0.422 bits per heavy atom. The molecule has 0 rings (SSSR count). The fourth-order valence-corrected chi connectivity index (χ4v) is 9.11. The van der Waals surface area contributed by atoms with Crippen LogP contribution in [-0.4, -0.2) is 47.4 Å². The lowest BCUT2D eigenvalue weighted by Crippen LogP contribution is -2.45. The van der Waals surface area contributed by atoms with Crippen LogP contribution in [0.25, 0.3) is 0 Å². The molecule has 0 fully saturated rings. The highest BCUT2D eigenvalue weighted by Crippen LogP contribution is 2.17. The molecule has 0 bridgehead atoms. The van der Waals surface area contributed by atoms with E-state index in [0.717, 1.165) is 38.5 Å². The van der Waals surface area contributed by atoms with Crippen LogP contribution in [0.3, 0.4) is 0 Å². The van der Waals surface area contributed by atoms with Crippen molar-refractivity contribution in [1.82, 2.24) is 5.32 Å². The largest absolute Gasteiger partial charge is 0.466 e. The van der Waals surface area contributed by atoms with Gasteiger partial charge in [-0.15, -0.1) is 0 Å². The SMILES string of the molecule is CCCCCCCCCCC/C=C/C(O)C(CO)NC(=O)CCCCCCCCCCCCCCCCCCCCCCCCCCCOC(=O)CCCCCCCCCCCCC. The molecule has 6 nitrogen and oxygen atoms in total. The quantitative estimate of drug-likeness (QED) is 0.0321. The second-order valence-electron chi connectivity index (χ2n) is 20.0. The van der Waals surface area contributed by atoms with Crippen molar-refractivity contribution >= 4 is 11.9 Å². The maximum Gasteiger partial charge on any atom is 0.305 e. The highest BCUT2D eigenvalue weighted by molar-refractivity contribution is 5.76. The van der Waals surface area contributed by atoms with E-state index < -0.39 is 12.1 Å². The number of allylic oxidation sites excluding steroid dienone is 1. The van der Waals surface area contributed by atoms with Crippen molar-refractivity contribution in [2.45, 2.75) is 334 Å². The molecular weight excluding hydrogens is 791 g/mol. The molecule has 0 aromatic rings. The number of aliphatic hydroxyl groups excluding tert-OH is 2. The molecule has 3 N–H and O–H groups in total. The normalized spacial score (nSPS) is 12.6. The smallest absolute Gasteiger partial charge is 0.305 e. The maximum atomic E-state index is 12.4. The number of nitrogens with one attached hydrogen (secondary N) is 1. The number of hydrogen-bond acceptors (Lipinski definition) is 5. The molecule has 0 aliphatic carbocycles. The Labute approximate surface area is 399 Å². The second kappa shape index (κ2) is 54.2. The minimum atomic E-state index is -0.840. The lowest BCUT2D eigenvalue weighted by molar-refractivity contribution is -0.143. The highest BCUT2D eigenvalue weighted by atomic mass is 16.5. The summed E-state index contributed by atoms with van der Waals surface area (Å²) in [6.45, 7) is 4.90. The molecule has 380 valence electrons. The first-order valence-electron chi connectivity index (χ1n) is 29.0. The number of carbonyl (C=O) groups is 2. The van der Waals surface area contributed by atoms with Gasteiger partial charge in [0.05, 0.1) is 25.4 Å². The van der Waals surface area contributed by atoms with Gasteiger partial charge in [-0.25, -0.2) is 0 Å². The molecule has 0 heterocycles. The number of unbranched alkanes of at least 4 members (excludes halogenated alkanes) is 43. The standard InChI is InChI=1S/C58H113NO5/c1-3-5-7-9-11-13-30-34-38-42-46-50-56(61)55(54-60)59-57(62)51-47-43-39-35-32-28-26-24-22-20-18-16-15-17-19-21-23-25-27-29-33-37-41-45-49-53-64-58(63)52-48-44-40-36-31-14-12-10-8-6-4-2/h46,50,55-56,60-61H,3-45,47-49,51-54H2,1-2H3,(H,59,62)/b50-46+. The minimum absolute atomic E-state index is 0.0158. The van der Waals surface area contributed by atoms with E-state index in [1.165, 1.54) is 257 Å². The van der Waals surface area contributed by atoms with E-state index in [-0.39, 0.29) is 18.5 Å². The molecule has 6 heteroatoms. The Balaban J connectivity index is 3.35.